The van der Waals surface area contributed by atoms with Gasteiger partial charge in [-0.25, -0.2) is 9.78 Å². The summed E-state index contributed by atoms with van der Waals surface area (Å²) in [4.78, 5) is 16.9. The number of carboxylic acid groups (broad SMARTS) is 1. The molecule has 0 aliphatic heterocycles. The van der Waals surface area contributed by atoms with Crippen LogP contribution in [-0.4, -0.2) is 20.6 Å². The molecule has 3 rings (SSSR count). The number of carboxylic acids is 1. The van der Waals surface area contributed by atoms with E-state index in [2.05, 4.69) is 34.8 Å². The highest BCUT2D eigenvalue weighted by atomic mass is 32.1. The third-order valence-electron chi connectivity index (χ3n) is 3.60. The first-order valence-electron chi connectivity index (χ1n) is 6.82. The van der Waals surface area contributed by atoms with E-state index in [0.717, 1.165) is 5.52 Å². The molecule has 0 aliphatic carbocycles. The summed E-state index contributed by atoms with van der Waals surface area (Å²) in [5, 5.41) is 11.3. The Morgan fingerprint density at radius 2 is 2.10 bits per heavy atom. The Hall–Kier alpha value is -2.14. The van der Waals surface area contributed by atoms with Crippen molar-refractivity contribution in [1.82, 2.24) is 9.55 Å². The fraction of sp³-hybridized carbons (Fsp3) is 0.250. The molecule has 1 N–H and O–H groups in total. The topological polar surface area (TPSA) is 55.1 Å². The average Bonchev–Trinajstić information content (AvgIpc) is 3.09. The van der Waals surface area contributed by atoms with Crippen LogP contribution in [0.2, 0.25) is 0 Å². The second kappa shape index (κ2) is 5.33. The van der Waals surface area contributed by atoms with Crippen molar-refractivity contribution in [2.45, 2.75) is 19.9 Å². The normalized spacial score (nSPS) is 12.9. The number of thiophene rings is 1. The Morgan fingerprint density at radius 3 is 2.71 bits per heavy atom. The first kappa shape index (κ1) is 13.8. The largest absolute Gasteiger partial charge is 0.478 e. The summed E-state index contributed by atoms with van der Waals surface area (Å²) < 4.78 is 2.08. The number of nitrogens with zero attached hydrogens (tertiary/aromatic N) is 2. The lowest BCUT2D eigenvalue weighted by Gasteiger charge is -2.22. The molecule has 0 aliphatic rings. The van der Waals surface area contributed by atoms with Crippen LogP contribution < -0.4 is 0 Å². The second-order valence-electron chi connectivity index (χ2n) is 5.33. The number of imidazole rings is 1. The Bertz CT molecular complexity index is 775. The minimum Gasteiger partial charge on any atom is -0.478 e. The van der Waals surface area contributed by atoms with E-state index >= 15 is 0 Å². The predicted octanol–water partition coefficient (Wildman–Crippen LogP) is 4.04. The summed E-state index contributed by atoms with van der Waals surface area (Å²) in [6, 6.07) is 9.61. The van der Waals surface area contributed by atoms with E-state index < -0.39 is 5.97 Å². The van der Waals surface area contributed by atoms with Crippen LogP contribution >= 0.6 is 11.3 Å². The molecule has 108 valence electrons. The Labute approximate surface area is 126 Å². The highest BCUT2D eigenvalue weighted by molar-refractivity contribution is 7.10. The van der Waals surface area contributed by atoms with Crippen molar-refractivity contribution in [1.29, 1.82) is 0 Å². The molecule has 0 saturated carbocycles. The molecule has 21 heavy (non-hydrogen) atoms. The van der Waals surface area contributed by atoms with Crippen molar-refractivity contribution in [3.63, 3.8) is 0 Å². The van der Waals surface area contributed by atoms with E-state index in [4.69, 9.17) is 0 Å². The minimum absolute atomic E-state index is 0.166. The molecule has 2 aromatic heterocycles. The fourth-order valence-corrected chi connectivity index (χ4v) is 3.69. The summed E-state index contributed by atoms with van der Waals surface area (Å²) in [5.41, 5.74) is 1.66. The maximum atomic E-state index is 11.3. The molecular weight excluding hydrogens is 284 g/mol. The summed E-state index contributed by atoms with van der Waals surface area (Å²) >= 11 is 1.71. The van der Waals surface area contributed by atoms with Gasteiger partial charge in [-0.05, 0) is 29.5 Å². The van der Waals surface area contributed by atoms with Gasteiger partial charge in [0.05, 0.1) is 23.4 Å². The van der Waals surface area contributed by atoms with Gasteiger partial charge in [0.15, 0.2) is 0 Å². The Balaban J connectivity index is 2.20. The molecule has 0 spiro atoms. The summed E-state index contributed by atoms with van der Waals surface area (Å²) in [7, 11) is 0. The molecule has 1 atom stereocenters. The van der Waals surface area contributed by atoms with Gasteiger partial charge < -0.3 is 9.67 Å². The highest BCUT2D eigenvalue weighted by Crippen LogP contribution is 2.33. The molecule has 5 heteroatoms. The first-order chi connectivity index (χ1) is 10.1. The van der Waals surface area contributed by atoms with Crippen LogP contribution in [0.4, 0.5) is 0 Å². The van der Waals surface area contributed by atoms with Gasteiger partial charge in [-0.2, -0.15) is 0 Å². The summed E-state index contributed by atoms with van der Waals surface area (Å²) in [5.74, 6) is -0.558. The zero-order valence-corrected chi connectivity index (χ0v) is 12.7. The number of hydrogen-bond acceptors (Lipinski definition) is 3. The van der Waals surface area contributed by atoms with E-state index in [1.54, 1.807) is 29.8 Å². The van der Waals surface area contributed by atoms with Gasteiger partial charge in [-0.15, -0.1) is 11.3 Å². The van der Waals surface area contributed by atoms with Crippen LogP contribution in [0.25, 0.3) is 11.0 Å². The number of fused-ring (bicyclic) bond motifs is 1. The quantitative estimate of drug-likeness (QED) is 0.791. The van der Waals surface area contributed by atoms with E-state index in [1.807, 2.05) is 12.1 Å². The van der Waals surface area contributed by atoms with Gasteiger partial charge >= 0.3 is 5.97 Å². The number of hydrogen-bond donors (Lipinski definition) is 1. The number of para-hydroxylation sites is 1. The number of benzene rings is 1. The first-order valence-corrected chi connectivity index (χ1v) is 7.70. The second-order valence-corrected chi connectivity index (χ2v) is 6.31. The van der Waals surface area contributed by atoms with Crippen molar-refractivity contribution in [3.05, 3.63) is 52.5 Å². The van der Waals surface area contributed by atoms with Crippen LogP contribution in [0.5, 0.6) is 0 Å². The molecule has 2 heterocycles. The molecule has 1 aromatic carbocycles. The van der Waals surface area contributed by atoms with Gasteiger partial charge in [0.25, 0.3) is 0 Å². The average molecular weight is 300 g/mol. The van der Waals surface area contributed by atoms with Crippen molar-refractivity contribution in [2.75, 3.05) is 0 Å². The van der Waals surface area contributed by atoms with Crippen LogP contribution in [-0.2, 0) is 0 Å². The van der Waals surface area contributed by atoms with Gasteiger partial charge in [0.1, 0.15) is 5.52 Å². The van der Waals surface area contributed by atoms with Crippen molar-refractivity contribution < 1.29 is 9.90 Å². The number of aromatic carboxylic acids is 1. The van der Waals surface area contributed by atoms with E-state index in [-0.39, 0.29) is 11.6 Å². The molecule has 0 fully saturated rings. The lowest BCUT2D eigenvalue weighted by Crippen LogP contribution is -2.14. The zero-order valence-electron chi connectivity index (χ0n) is 11.9. The van der Waals surface area contributed by atoms with Crippen molar-refractivity contribution in [3.8, 4) is 0 Å². The van der Waals surface area contributed by atoms with Crippen LogP contribution in [0.15, 0.2) is 42.0 Å². The minimum atomic E-state index is -0.942. The van der Waals surface area contributed by atoms with Crippen LogP contribution in [0.3, 0.4) is 0 Å². The Kier molecular flexibility index (Phi) is 3.51. The van der Waals surface area contributed by atoms with Gasteiger partial charge in [-0.1, -0.05) is 26.0 Å². The van der Waals surface area contributed by atoms with Crippen LogP contribution in [0.1, 0.15) is 35.1 Å². The number of aromatic nitrogens is 2. The standard InChI is InChI=1S/C16H16N2O2S/c1-10(2)15(13-7-4-8-21-13)18-9-17-14-11(16(19)20)5-3-6-12(14)18/h3-10,15H,1-2H3,(H,19,20). The van der Waals surface area contributed by atoms with Gasteiger partial charge in [0.2, 0.25) is 0 Å². The zero-order chi connectivity index (χ0) is 15.0. The molecule has 3 aromatic rings. The van der Waals surface area contributed by atoms with Gasteiger partial charge in [0, 0.05) is 4.88 Å². The summed E-state index contributed by atoms with van der Waals surface area (Å²) in [6.07, 6.45) is 1.75. The number of rotatable bonds is 4. The smallest absolute Gasteiger partial charge is 0.337 e. The lowest BCUT2D eigenvalue weighted by atomic mass is 10.0. The maximum Gasteiger partial charge on any atom is 0.337 e. The molecule has 0 bridgehead atoms. The van der Waals surface area contributed by atoms with E-state index in [9.17, 15) is 9.90 Å². The molecule has 0 saturated heterocycles. The molecule has 0 amide bonds. The lowest BCUT2D eigenvalue weighted by molar-refractivity contribution is 0.0699. The third-order valence-corrected chi connectivity index (χ3v) is 4.54. The predicted molar refractivity (Wildman–Crippen MR) is 84.0 cm³/mol. The van der Waals surface area contributed by atoms with Gasteiger partial charge in [-0.3, -0.25) is 0 Å². The fourth-order valence-electron chi connectivity index (χ4n) is 2.70. The molecule has 1 unspecified atom stereocenters. The SMILES string of the molecule is CC(C)C(c1cccs1)n1cnc2c(C(=O)O)cccc21. The number of carbonyl (C=O) groups is 1. The molecule has 4 nitrogen and oxygen atoms in total. The third kappa shape index (κ3) is 2.34. The van der Waals surface area contributed by atoms with Crippen molar-refractivity contribution >= 4 is 28.3 Å². The highest BCUT2D eigenvalue weighted by Gasteiger charge is 2.22. The van der Waals surface area contributed by atoms with Crippen LogP contribution in [0, 0.1) is 5.92 Å². The van der Waals surface area contributed by atoms with Crippen molar-refractivity contribution in [2.24, 2.45) is 5.92 Å². The van der Waals surface area contributed by atoms with E-state index in [0.29, 0.717) is 11.4 Å². The molecule has 0 radical (unpaired) electrons. The monoisotopic (exact) mass is 300 g/mol. The molecular formula is C16H16N2O2S. The maximum absolute atomic E-state index is 11.3. The van der Waals surface area contributed by atoms with E-state index in [1.165, 1.54) is 4.88 Å². The summed E-state index contributed by atoms with van der Waals surface area (Å²) in [6.45, 7) is 4.33. The Morgan fingerprint density at radius 1 is 1.29 bits per heavy atom.